The zero-order chi connectivity index (χ0) is 19.5. The fourth-order valence-corrected chi connectivity index (χ4v) is 3.61. The number of aromatic nitrogens is 2. The predicted molar refractivity (Wildman–Crippen MR) is 103 cm³/mol. The number of likely N-dealkylation sites (N-methyl/N-ethyl adjacent to an activating group) is 2. The third kappa shape index (κ3) is 3.99. The summed E-state index contributed by atoms with van der Waals surface area (Å²) >= 11 is 0. The number of rotatable bonds is 6. The van der Waals surface area contributed by atoms with E-state index in [-0.39, 0.29) is 5.91 Å². The number of aryl methyl sites for hydroxylation is 1. The minimum atomic E-state index is 0.0741. The van der Waals surface area contributed by atoms with Crippen molar-refractivity contribution in [3.8, 4) is 11.6 Å². The summed E-state index contributed by atoms with van der Waals surface area (Å²) < 4.78 is 10.5. The molecule has 146 valence electrons. The summed E-state index contributed by atoms with van der Waals surface area (Å²) in [6.07, 6.45) is 3.27. The molecular formula is C21H24N4O3. The molecule has 1 aliphatic rings. The highest BCUT2D eigenvalue weighted by molar-refractivity contribution is 5.76. The average Bonchev–Trinajstić information content (AvgIpc) is 3.38. The van der Waals surface area contributed by atoms with Gasteiger partial charge in [-0.2, -0.15) is 4.98 Å². The minimum Gasteiger partial charge on any atom is -0.461 e. The van der Waals surface area contributed by atoms with Gasteiger partial charge in [-0.3, -0.25) is 9.69 Å². The average molecular weight is 380 g/mol. The van der Waals surface area contributed by atoms with E-state index in [9.17, 15) is 4.79 Å². The van der Waals surface area contributed by atoms with Crippen LogP contribution in [0.2, 0.25) is 0 Å². The lowest BCUT2D eigenvalue weighted by Crippen LogP contribution is -2.46. The van der Waals surface area contributed by atoms with E-state index < -0.39 is 0 Å². The first-order valence-electron chi connectivity index (χ1n) is 9.47. The summed E-state index contributed by atoms with van der Waals surface area (Å²) in [5.41, 5.74) is 2.75. The van der Waals surface area contributed by atoms with Crippen LogP contribution in [0.25, 0.3) is 11.6 Å². The van der Waals surface area contributed by atoms with E-state index in [0.29, 0.717) is 42.9 Å². The number of amides is 1. The van der Waals surface area contributed by atoms with Gasteiger partial charge in [0.25, 0.3) is 0 Å². The van der Waals surface area contributed by atoms with Crippen LogP contribution in [0.3, 0.4) is 0 Å². The third-order valence-electron chi connectivity index (χ3n) is 5.29. The lowest BCUT2D eigenvalue weighted by Gasteiger charge is -2.36. The lowest BCUT2D eigenvalue weighted by atomic mass is 9.94. The van der Waals surface area contributed by atoms with Crippen LogP contribution in [-0.2, 0) is 24.2 Å². The molecule has 3 heterocycles. The molecule has 0 saturated carbocycles. The summed E-state index contributed by atoms with van der Waals surface area (Å²) in [4.78, 5) is 21.0. The van der Waals surface area contributed by atoms with Gasteiger partial charge in [0.15, 0.2) is 5.76 Å². The Morgan fingerprint density at radius 2 is 2.07 bits per heavy atom. The highest BCUT2D eigenvalue weighted by Crippen LogP contribution is 2.22. The molecule has 0 fully saturated rings. The summed E-state index contributed by atoms with van der Waals surface area (Å²) in [6, 6.07) is 12.4. The molecule has 3 aromatic rings. The van der Waals surface area contributed by atoms with Gasteiger partial charge in [-0.1, -0.05) is 29.4 Å². The number of hydrogen-bond donors (Lipinski definition) is 0. The van der Waals surface area contributed by atoms with Gasteiger partial charge < -0.3 is 13.8 Å². The number of carbonyl (C=O) groups is 1. The zero-order valence-electron chi connectivity index (χ0n) is 16.2. The maximum Gasteiger partial charge on any atom is 0.238 e. The third-order valence-corrected chi connectivity index (χ3v) is 5.29. The molecule has 1 aromatic carbocycles. The molecule has 2 aromatic heterocycles. The lowest BCUT2D eigenvalue weighted by molar-refractivity contribution is -0.130. The number of benzene rings is 1. The first kappa shape index (κ1) is 18.4. The van der Waals surface area contributed by atoms with E-state index >= 15 is 0 Å². The molecule has 0 aliphatic carbocycles. The van der Waals surface area contributed by atoms with Gasteiger partial charge in [-0.15, -0.1) is 0 Å². The van der Waals surface area contributed by atoms with Gasteiger partial charge in [-0.05, 0) is 36.7 Å². The van der Waals surface area contributed by atoms with Crippen LogP contribution in [0, 0.1) is 0 Å². The first-order chi connectivity index (χ1) is 13.6. The SMILES string of the molecule is CN(C[C@H]1Cc2ccccc2CN1C)C(=O)CCc1nc(-c2ccco2)no1. The second kappa shape index (κ2) is 7.98. The van der Waals surface area contributed by atoms with E-state index in [1.165, 1.54) is 11.1 Å². The van der Waals surface area contributed by atoms with Gasteiger partial charge in [0.1, 0.15) is 0 Å². The summed E-state index contributed by atoms with van der Waals surface area (Å²) in [5, 5.41) is 3.89. The second-order valence-corrected chi connectivity index (χ2v) is 7.31. The molecule has 0 saturated heterocycles. The molecule has 0 radical (unpaired) electrons. The van der Waals surface area contributed by atoms with Crippen molar-refractivity contribution in [2.45, 2.75) is 31.8 Å². The number of fused-ring (bicyclic) bond motifs is 1. The zero-order valence-corrected chi connectivity index (χ0v) is 16.2. The largest absolute Gasteiger partial charge is 0.461 e. The van der Waals surface area contributed by atoms with Gasteiger partial charge in [0, 0.05) is 39.0 Å². The van der Waals surface area contributed by atoms with Gasteiger partial charge >= 0.3 is 0 Å². The quantitative estimate of drug-likeness (QED) is 0.655. The number of nitrogens with zero attached hydrogens (tertiary/aromatic N) is 4. The molecule has 0 unspecified atom stereocenters. The van der Waals surface area contributed by atoms with Crippen LogP contribution in [0.1, 0.15) is 23.4 Å². The van der Waals surface area contributed by atoms with E-state index in [4.69, 9.17) is 8.94 Å². The second-order valence-electron chi connectivity index (χ2n) is 7.31. The van der Waals surface area contributed by atoms with Crippen molar-refractivity contribution in [1.29, 1.82) is 0 Å². The molecular weight excluding hydrogens is 356 g/mol. The summed E-state index contributed by atoms with van der Waals surface area (Å²) in [6.45, 7) is 1.62. The molecule has 1 atom stereocenters. The van der Waals surface area contributed by atoms with Crippen molar-refractivity contribution >= 4 is 5.91 Å². The summed E-state index contributed by atoms with van der Waals surface area (Å²) in [5.74, 6) is 1.48. The molecule has 28 heavy (non-hydrogen) atoms. The van der Waals surface area contributed by atoms with E-state index in [2.05, 4.69) is 46.4 Å². The van der Waals surface area contributed by atoms with Crippen molar-refractivity contribution in [1.82, 2.24) is 19.9 Å². The number of hydrogen-bond acceptors (Lipinski definition) is 6. The number of furan rings is 1. The maximum atomic E-state index is 12.6. The van der Waals surface area contributed by atoms with Crippen molar-refractivity contribution in [2.24, 2.45) is 0 Å². The molecule has 0 N–H and O–H groups in total. The molecule has 0 bridgehead atoms. The molecule has 1 amide bonds. The standard InChI is InChI=1S/C21H24N4O3/c1-24-13-16-7-4-3-6-15(16)12-17(24)14-25(2)20(26)10-9-19-22-21(23-28-19)18-8-5-11-27-18/h3-8,11,17H,9-10,12-14H2,1-2H3/t17-/m1/s1. The molecule has 7 nitrogen and oxygen atoms in total. The van der Waals surface area contributed by atoms with Gasteiger partial charge in [-0.25, -0.2) is 0 Å². The maximum absolute atomic E-state index is 12.6. The molecule has 0 spiro atoms. The van der Waals surface area contributed by atoms with E-state index in [1.807, 2.05) is 7.05 Å². The van der Waals surface area contributed by atoms with Gasteiger partial charge in [0.05, 0.1) is 6.26 Å². The smallest absolute Gasteiger partial charge is 0.238 e. The molecule has 1 aliphatic heterocycles. The van der Waals surface area contributed by atoms with Crippen molar-refractivity contribution < 1.29 is 13.7 Å². The highest BCUT2D eigenvalue weighted by Gasteiger charge is 2.25. The van der Waals surface area contributed by atoms with Crippen molar-refractivity contribution in [3.63, 3.8) is 0 Å². The minimum absolute atomic E-state index is 0.0741. The van der Waals surface area contributed by atoms with Crippen LogP contribution in [0.4, 0.5) is 0 Å². The Kier molecular flexibility index (Phi) is 5.25. The van der Waals surface area contributed by atoms with Gasteiger partial charge in [0.2, 0.25) is 17.6 Å². The Hall–Kier alpha value is -2.93. The summed E-state index contributed by atoms with van der Waals surface area (Å²) in [7, 11) is 3.98. The van der Waals surface area contributed by atoms with Crippen LogP contribution >= 0.6 is 0 Å². The van der Waals surface area contributed by atoms with Crippen LogP contribution < -0.4 is 0 Å². The topological polar surface area (TPSA) is 75.6 Å². The fourth-order valence-electron chi connectivity index (χ4n) is 3.61. The van der Waals surface area contributed by atoms with E-state index in [1.54, 1.807) is 23.3 Å². The number of carbonyl (C=O) groups excluding carboxylic acids is 1. The normalized spacial score (nSPS) is 16.7. The molecule has 7 heteroatoms. The highest BCUT2D eigenvalue weighted by atomic mass is 16.5. The Labute approximate surface area is 163 Å². The first-order valence-corrected chi connectivity index (χ1v) is 9.47. The Morgan fingerprint density at radius 1 is 1.25 bits per heavy atom. The van der Waals surface area contributed by atoms with Crippen LogP contribution in [-0.4, -0.2) is 52.5 Å². The van der Waals surface area contributed by atoms with Crippen LogP contribution in [0.5, 0.6) is 0 Å². The Morgan fingerprint density at radius 3 is 2.86 bits per heavy atom. The van der Waals surface area contributed by atoms with E-state index in [0.717, 1.165) is 13.0 Å². The van der Waals surface area contributed by atoms with Crippen LogP contribution in [0.15, 0.2) is 51.6 Å². The van der Waals surface area contributed by atoms with Crippen molar-refractivity contribution in [3.05, 3.63) is 59.7 Å². The molecule has 4 rings (SSSR count). The predicted octanol–water partition coefficient (Wildman–Crippen LogP) is 2.78. The fraction of sp³-hybridized carbons (Fsp3) is 0.381. The Balaban J connectivity index is 1.30. The Bertz CT molecular complexity index is 935. The van der Waals surface area contributed by atoms with Crippen molar-refractivity contribution in [2.75, 3.05) is 20.6 Å². The monoisotopic (exact) mass is 380 g/mol.